The van der Waals surface area contributed by atoms with Gasteiger partial charge in [-0.05, 0) is 6.08 Å². The maximum absolute atomic E-state index is 12.4. The van der Waals surface area contributed by atoms with Crippen LogP contribution in [-0.4, -0.2) is 12.1 Å². The highest BCUT2D eigenvalue weighted by atomic mass is 19.4. The van der Waals surface area contributed by atoms with Crippen molar-refractivity contribution in [2.24, 2.45) is 5.92 Å². The van der Waals surface area contributed by atoms with Crippen molar-refractivity contribution >= 4 is 11.7 Å². The summed E-state index contributed by atoms with van der Waals surface area (Å²) in [6, 6.07) is 8.20. The van der Waals surface area contributed by atoms with Gasteiger partial charge in [-0.1, -0.05) is 30.3 Å². The Labute approximate surface area is 89.3 Å². The van der Waals surface area contributed by atoms with Crippen molar-refractivity contribution in [2.75, 3.05) is 0 Å². The summed E-state index contributed by atoms with van der Waals surface area (Å²) in [7, 11) is 0. The van der Waals surface area contributed by atoms with Crippen LogP contribution in [0.3, 0.4) is 0 Å². The summed E-state index contributed by atoms with van der Waals surface area (Å²) in [5.74, 6) is -3.46. The number of alkyl halides is 3. The average molecular weight is 228 g/mol. The Hall–Kier alpha value is -1.78. The van der Waals surface area contributed by atoms with E-state index in [0.29, 0.717) is 5.56 Å². The second kappa shape index (κ2) is 3.66. The molecule has 1 heterocycles. The lowest BCUT2D eigenvalue weighted by Gasteiger charge is -2.08. The first-order chi connectivity index (χ1) is 7.48. The number of halogens is 3. The van der Waals surface area contributed by atoms with E-state index < -0.39 is 18.1 Å². The Kier molecular flexibility index (Phi) is 2.46. The lowest BCUT2D eigenvalue weighted by Crippen LogP contribution is -2.26. The Balaban J connectivity index is 2.31. The highest BCUT2D eigenvalue weighted by Crippen LogP contribution is 2.36. The molecule has 84 valence electrons. The summed E-state index contributed by atoms with van der Waals surface area (Å²) >= 11 is 0. The molecule has 1 aromatic rings. The molecule has 1 aromatic carbocycles. The fraction of sp³-hybridized carbons (Fsp3) is 0.182. The van der Waals surface area contributed by atoms with Gasteiger partial charge >= 0.3 is 12.1 Å². The predicted octanol–water partition coefficient (Wildman–Crippen LogP) is 2.76. The van der Waals surface area contributed by atoms with Gasteiger partial charge in [0.15, 0.2) is 5.92 Å². The molecule has 1 aliphatic rings. The molecule has 16 heavy (non-hydrogen) atoms. The van der Waals surface area contributed by atoms with Gasteiger partial charge in [0.25, 0.3) is 0 Å². The van der Waals surface area contributed by atoms with Crippen molar-refractivity contribution in [3.05, 3.63) is 42.0 Å². The molecule has 0 spiro atoms. The van der Waals surface area contributed by atoms with E-state index in [0.717, 1.165) is 6.08 Å². The molecule has 0 radical (unpaired) electrons. The molecule has 0 saturated heterocycles. The lowest BCUT2D eigenvalue weighted by atomic mass is 10.1. The van der Waals surface area contributed by atoms with Crippen LogP contribution in [0, 0.1) is 5.92 Å². The number of hydrogen-bond acceptors (Lipinski definition) is 2. The van der Waals surface area contributed by atoms with Crippen LogP contribution in [0.4, 0.5) is 13.2 Å². The van der Waals surface area contributed by atoms with Crippen LogP contribution in [0.1, 0.15) is 5.56 Å². The van der Waals surface area contributed by atoms with Crippen LogP contribution in [0.25, 0.3) is 5.76 Å². The highest BCUT2D eigenvalue weighted by Gasteiger charge is 2.48. The standard InChI is InChI=1S/C11H7F3O2/c12-11(13,14)8-6-9(16-10(8)15)7-4-2-1-3-5-7/h1-6,8H. The fourth-order valence-electron chi connectivity index (χ4n) is 1.41. The molecule has 1 atom stereocenters. The Morgan fingerprint density at radius 2 is 1.75 bits per heavy atom. The second-order valence-electron chi connectivity index (χ2n) is 3.34. The molecule has 0 bridgehead atoms. The number of ether oxygens (including phenoxy) is 1. The summed E-state index contributed by atoms with van der Waals surface area (Å²) < 4.78 is 41.7. The summed E-state index contributed by atoms with van der Waals surface area (Å²) in [5.41, 5.74) is 0.461. The minimum absolute atomic E-state index is 0.0343. The quantitative estimate of drug-likeness (QED) is 0.691. The Morgan fingerprint density at radius 3 is 2.25 bits per heavy atom. The monoisotopic (exact) mass is 228 g/mol. The van der Waals surface area contributed by atoms with E-state index in [1.54, 1.807) is 30.3 Å². The first-order valence-electron chi connectivity index (χ1n) is 4.54. The minimum Gasteiger partial charge on any atom is -0.426 e. The number of hydrogen-bond donors (Lipinski definition) is 0. The third kappa shape index (κ3) is 1.93. The number of carbonyl (C=O) groups excluding carboxylic acids is 1. The van der Waals surface area contributed by atoms with Crippen LogP contribution in [0.5, 0.6) is 0 Å². The number of cyclic esters (lactones) is 1. The van der Waals surface area contributed by atoms with E-state index in [4.69, 9.17) is 0 Å². The van der Waals surface area contributed by atoms with Gasteiger partial charge < -0.3 is 4.74 Å². The van der Waals surface area contributed by atoms with Crippen LogP contribution in [-0.2, 0) is 9.53 Å². The van der Waals surface area contributed by atoms with Gasteiger partial charge in [0.1, 0.15) is 5.76 Å². The van der Waals surface area contributed by atoms with Crippen molar-refractivity contribution in [1.82, 2.24) is 0 Å². The van der Waals surface area contributed by atoms with E-state index in [-0.39, 0.29) is 5.76 Å². The zero-order valence-corrected chi connectivity index (χ0v) is 7.99. The Bertz CT molecular complexity index is 434. The summed E-state index contributed by atoms with van der Waals surface area (Å²) in [5, 5.41) is 0. The third-order valence-electron chi connectivity index (χ3n) is 2.19. The van der Waals surface area contributed by atoms with Crippen molar-refractivity contribution in [3.63, 3.8) is 0 Å². The molecule has 0 amide bonds. The summed E-state index contributed by atoms with van der Waals surface area (Å²) in [4.78, 5) is 11.0. The minimum atomic E-state index is -4.59. The van der Waals surface area contributed by atoms with E-state index in [9.17, 15) is 18.0 Å². The molecule has 2 rings (SSSR count). The van der Waals surface area contributed by atoms with Crippen molar-refractivity contribution in [3.8, 4) is 0 Å². The normalized spacial score (nSPS) is 20.6. The van der Waals surface area contributed by atoms with E-state index >= 15 is 0 Å². The third-order valence-corrected chi connectivity index (χ3v) is 2.19. The highest BCUT2D eigenvalue weighted by molar-refractivity contribution is 5.88. The SMILES string of the molecule is O=C1OC(c2ccccc2)=CC1C(F)(F)F. The predicted molar refractivity (Wildman–Crippen MR) is 50.1 cm³/mol. The molecule has 2 nitrogen and oxygen atoms in total. The maximum atomic E-state index is 12.4. The lowest BCUT2D eigenvalue weighted by molar-refractivity contribution is -0.179. The summed E-state index contributed by atoms with van der Waals surface area (Å²) in [6.07, 6.45) is -3.79. The molecule has 0 aromatic heterocycles. The number of esters is 1. The molecule has 1 unspecified atom stereocenters. The topological polar surface area (TPSA) is 26.3 Å². The smallest absolute Gasteiger partial charge is 0.405 e. The molecule has 0 fully saturated rings. The van der Waals surface area contributed by atoms with Crippen molar-refractivity contribution in [1.29, 1.82) is 0 Å². The molecule has 0 aliphatic carbocycles. The number of carbonyl (C=O) groups is 1. The number of benzene rings is 1. The van der Waals surface area contributed by atoms with Crippen LogP contribution < -0.4 is 0 Å². The zero-order valence-electron chi connectivity index (χ0n) is 7.99. The average Bonchev–Trinajstić information content (AvgIpc) is 2.61. The van der Waals surface area contributed by atoms with Gasteiger partial charge in [-0.3, -0.25) is 4.79 Å². The van der Waals surface area contributed by atoms with Crippen LogP contribution >= 0.6 is 0 Å². The maximum Gasteiger partial charge on any atom is 0.405 e. The fourth-order valence-corrected chi connectivity index (χ4v) is 1.41. The summed E-state index contributed by atoms with van der Waals surface area (Å²) in [6.45, 7) is 0. The first-order valence-corrected chi connectivity index (χ1v) is 4.54. The molecular weight excluding hydrogens is 221 g/mol. The van der Waals surface area contributed by atoms with Gasteiger partial charge in [-0.25, -0.2) is 0 Å². The van der Waals surface area contributed by atoms with Gasteiger partial charge in [-0.2, -0.15) is 13.2 Å². The first kappa shape index (κ1) is 10.7. The molecule has 1 aliphatic heterocycles. The van der Waals surface area contributed by atoms with Gasteiger partial charge in [0.2, 0.25) is 0 Å². The van der Waals surface area contributed by atoms with Crippen LogP contribution in [0.15, 0.2) is 36.4 Å². The Morgan fingerprint density at radius 1 is 1.12 bits per heavy atom. The van der Waals surface area contributed by atoms with Crippen LogP contribution in [0.2, 0.25) is 0 Å². The zero-order chi connectivity index (χ0) is 11.8. The largest absolute Gasteiger partial charge is 0.426 e. The van der Waals surface area contributed by atoms with E-state index in [1.807, 2.05) is 0 Å². The van der Waals surface area contributed by atoms with Crippen molar-refractivity contribution < 1.29 is 22.7 Å². The van der Waals surface area contributed by atoms with Gasteiger partial charge in [-0.15, -0.1) is 0 Å². The molecular formula is C11H7F3O2. The second-order valence-corrected chi connectivity index (χ2v) is 3.34. The molecule has 0 saturated carbocycles. The van der Waals surface area contributed by atoms with E-state index in [1.165, 1.54) is 0 Å². The molecule has 5 heteroatoms. The van der Waals surface area contributed by atoms with E-state index in [2.05, 4.69) is 4.74 Å². The molecule has 0 N–H and O–H groups in total. The van der Waals surface area contributed by atoms with Crippen molar-refractivity contribution in [2.45, 2.75) is 6.18 Å². The van der Waals surface area contributed by atoms with Gasteiger partial charge in [0.05, 0.1) is 0 Å². The van der Waals surface area contributed by atoms with Gasteiger partial charge in [0, 0.05) is 5.56 Å². The number of rotatable bonds is 1.